The van der Waals surface area contributed by atoms with E-state index in [2.05, 4.69) is 174 Å². The smallest absolute Gasteiger partial charge is 0.399 e. The van der Waals surface area contributed by atoms with Gasteiger partial charge in [-0.2, -0.15) is 0 Å². The summed E-state index contributed by atoms with van der Waals surface area (Å²) >= 11 is 0. The number of hydrogen-bond acceptors (Lipinski definition) is 4. The van der Waals surface area contributed by atoms with Crippen LogP contribution in [0.25, 0.3) is 55.0 Å². The van der Waals surface area contributed by atoms with Gasteiger partial charge in [0.15, 0.2) is 0 Å². The van der Waals surface area contributed by atoms with Crippen molar-refractivity contribution in [3.05, 3.63) is 109 Å². The van der Waals surface area contributed by atoms with Crippen molar-refractivity contribution in [1.82, 2.24) is 9.13 Å². The molecule has 0 atom stereocenters. The maximum absolute atomic E-state index is 6.49. The second-order valence-electron chi connectivity index (χ2n) is 16.0. The molecule has 4 heterocycles. The SMILES string of the molecule is CC1(C)OB(c2ccc3c(c2)c2cc(B4OC(C)(C)C(C)(C)O4)ccc2n3-c2ccc(-n3c4ccccc4c4ccccc43)cc2)OC1(C)C. The average molecular weight is 660 g/mol. The number of rotatable bonds is 4. The van der Waals surface area contributed by atoms with Gasteiger partial charge < -0.3 is 27.8 Å². The van der Waals surface area contributed by atoms with Gasteiger partial charge in [0.2, 0.25) is 0 Å². The Balaban J connectivity index is 1.20. The Hall–Kier alpha value is -4.33. The highest BCUT2D eigenvalue weighted by atomic mass is 16.7. The minimum Gasteiger partial charge on any atom is -0.399 e. The molecule has 0 unspecified atom stereocenters. The summed E-state index contributed by atoms with van der Waals surface area (Å²) in [5.74, 6) is 0. The first kappa shape index (κ1) is 31.6. The van der Waals surface area contributed by atoms with Gasteiger partial charge in [-0.15, -0.1) is 0 Å². The molecule has 0 radical (unpaired) electrons. The van der Waals surface area contributed by atoms with E-state index in [4.69, 9.17) is 18.6 Å². The number of aromatic nitrogens is 2. The van der Waals surface area contributed by atoms with Crippen LogP contribution in [0.2, 0.25) is 0 Å². The van der Waals surface area contributed by atoms with Crippen molar-refractivity contribution in [2.24, 2.45) is 0 Å². The van der Waals surface area contributed by atoms with Crippen LogP contribution in [0.15, 0.2) is 109 Å². The standard InChI is InChI=1S/C42H42B2N2O4/c1-39(2)40(3,4)48-43(47-39)27-17-23-37-33(25-27)34-26-28(44-49-41(5,6)42(7,8)50-44)18-24-38(34)46(37)30-21-19-29(20-22-30)45-35-15-11-9-13-31(35)32-14-10-12-16-36(32)45/h9-26H,1-8H3. The molecule has 0 bridgehead atoms. The van der Waals surface area contributed by atoms with E-state index >= 15 is 0 Å². The van der Waals surface area contributed by atoms with E-state index in [1.807, 2.05) is 0 Å². The van der Waals surface area contributed by atoms with Gasteiger partial charge in [0.25, 0.3) is 0 Å². The molecule has 50 heavy (non-hydrogen) atoms. The molecule has 2 aromatic heterocycles. The highest BCUT2D eigenvalue weighted by Crippen LogP contribution is 2.40. The molecule has 250 valence electrons. The summed E-state index contributed by atoms with van der Waals surface area (Å²) in [6, 6.07) is 39.3. The van der Waals surface area contributed by atoms with Crippen molar-refractivity contribution in [3.63, 3.8) is 0 Å². The lowest BCUT2D eigenvalue weighted by molar-refractivity contribution is 0.00578. The number of nitrogens with zero attached hydrogens (tertiary/aromatic N) is 2. The highest BCUT2D eigenvalue weighted by molar-refractivity contribution is 6.63. The van der Waals surface area contributed by atoms with E-state index in [0.29, 0.717) is 0 Å². The molecule has 9 rings (SSSR count). The maximum atomic E-state index is 6.49. The van der Waals surface area contributed by atoms with E-state index in [1.54, 1.807) is 0 Å². The fourth-order valence-electron chi connectivity index (χ4n) is 7.54. The Morgan fingerprint density at radius 2 is 0.700 bits per heavy atom. The fraction of sp³-hybridized carbons (Fsp3) is 0.286. The molecule has 2 aliphatic rings. The van der Waals surface area contributed by atoms with Gasteiger partial charge in [0.1, 0.15) is 0 Å². The van der Waals surface area contributed by atoms with E-state index in [0.717, 1.165) is 44.1 Å². The van der Waals surface area contributed by atoms with Crippen molar-refractivity contribution < 1.29 is 18.6 Å². The molecular weight excluding hydrogens is 618 g/mol. The Morgan fingerprint density at radius 3 is 1.06 bits per heavy atom. The zero-order valence-electron chi connectivity index (χ0n) is 30.1. The van der Waals surface area contributed by atoms with E-state index in [1.165, 1.54) is 21.8 Å². The van der Waals surface area contributed by atoms with Crippen LogP contribution in [0.3, 0.4) is 0 Å². The Morgan fingerprint density at radius 1 is 0.380 bits per heavy atom. The Kier molecular flexibility index (Phi) is 6.70. The van der Waals surface area contributed by atoms with E-state index in [9.17, 15) is 0 Å². The number of hydrogen-bond donors (Lipinski definition) is 0. The summed E-state index contributed by atoms with van der Waals surface area (Å²) in [7, 11) is -0.917. The van der Waals surface area contributed by atoms with Crippen molar-refractivity contribution in [1.29, 1.82) is 0 Å². The molecule has 0 amide bonds. The quantitative estimate of drug-likeness (QED) is 0.178. The predicted molar refractivity (Wildman–Crippen MR) is 207 cm³/mol. The molecule has 5 aromatic carbocycles. The topological polar surface area (TPSA) is 46.8 Å². The lowest BCUT2D eigenvalue weighted by Crippen LogP contribution is -2.41. The molecule has 2 aliphatic heterocycles. The van der Waals surface area contributed by atoms with Gasteiger partial charge in [-0.3, -0.25) is 0 Å². The van der Waals surface area contributed by atoms with Crippen LogP contribution < -0.4 is 10.9 Å². The normalized spacial score (nSPS) is 19.4. The summed E-state index contributed by atoms with van der Waals surface area (Å²) in [4.78, 5) is 0. The van der Waals surface area contributed by atoms with Crippen molar-refractivity contribution in [2.75, 3.05) is 0 Å². The van der Waals surface area contributed by atoms with Crippen LogP contribution in [0.5, 0.6) is 0 Å². The van der Waals surface area contributed by atoms with Crippen LogP contribution in [0.1, 0.15) is 55.4 Å². The summed E-state index contributed by atoms with van der Waals surface area (Å²) < 4.78 is 30.7. The van der Waals surface area contributed by atoms with Gasteiger partial charge in [-0.05, 0) is 115 Å². The molecule has 0 aliphatic carbocycles. The maximum Gasteiger partial charge on any atom is 0.494 e. The minimum absolute atomic E-state index is 0.428. The predicted octanol–water partition coefficient (Wildman–Crippen LogP) is 8.48. The van der Waals surface area contributed by atoms with E-state index in [-0.39, 0.29) is 0 Å². The van der Waals surface area contributed by atoms with Crippen LogP contribution >= 0.6 is 0 Å². The number of para-hydroxylation sites is 2. The Labute approximate surface area is 294 Å². The van der Waals surface area contributed by atoms with Gasteiger partial charge in [-0.1, -0.05) is 60.7 Å². The molecule has 2 saturated heterocycles. The third-order valence-corrected chi connectivity index (χ3v) is 11.8. The molecule has 2 fully saturated rings. The van der Waals surface area contributed by atoms with Crippen LogP contribution in [-0.4, -0.2) is 45.8 Å². The summed E-state index contributed by atoms with van der Waals surface area (Å²) in [5.41, 5.74) is 7.10. The summed E-state index contributed by atoms with van der Waals surface area (Å²) in [6.07, 6.45) is 0. The van der Waals surface area contributed by atoms with Crippen LogP contribution in [0.4, 0.5) is 0 Å². The number of benzene rings is 5. The first-order chi connectivity index (χ1) is 23.7. The van der Waals surface area contributed by atoms with Crippen molar-refractivity contribution >= 4 is 68.8 Å². The summed E-state index contributed by atoms with van der Waals surface area (Å²) in [5, 5.41) is 4.75. The average Bonchev–Trinajstić information content (AvgIpc) is 3.73. The molecule has 6 nitrogen and oxygen atoms in total. The molecule has 8 heteroatoms. The van der Waals surface area contributed by atoms with Gasteiger partial charge in [0.05, 0.1) is 44.5 Å². The molecular formula is C42H42B2N2O4. The minimum atomic E-state index is -0.459. The fourth-order valence-corrected chi connectivity index (χ4v) is 7.54. The molecule has 0 saturated carbocycles. The number of fused-ring (bicyclic) bond motifs is 6. The van der Waals surface area contributed by atoms with Gasteiger partial charge in [0, 0.05) is 32.9 Å². The third kappa shape index (κ3) is 4.59. The van der Waals surface area contributed by atoms with Crippen LogP contribution in [-0.2, 0) is 18.6 Å². The van der Waals surface area contributed by atoms with Crippen molar-refractivity contribution in [3.8, 4) is 11.4 Å². The monoisotopic (exact) mass is 660 g/mol. The van der Waals surface area contributed by atoms with Crippen LogP contribution in [0, 0.1) is 0 Å². The Bertz CT molecular complexity index is 2300. The van der Waals surface area contributed by atoms with Gasteiger partial charge >= 0.3 is 14.2 Å². The zero-order chi connectivity index (χ0) is 34.8. The zero-order valence-corrected chi connectivity index (χ0v) is 30.1. The molecule has 0 spiro atoms. The second-order valence-corrected chi connectivity index (χ2v) is 16.0. The highest BCUT2D eigenvalue weighted by Gasteiger charge is 2.53. The van der Waals surface area contributed by atoms with Crippen molar-refractivity contribution in [2.45, 2.75) is 77.8 Å². The van der Waals surface area contributed by atoms with E-state index < -0.39 is 36.6 Å². The third-order valence-electron chi connectivity index (χ3n) is 11.8. The first-order valence-corrected chi connectivity index (χ1v) is 17.6. The second kappa shape index (κ2) is 10.6. The largest absolute Gasteiger partial charge is 0.494 e. The lowest BCUT2D eigenvalue weighted by atomic mass is 9.77. The summed E-state index contributed by atoms with van der Waals surface area (Å²) in [6.45, 7) is 16.8. The first-order valence-electron chi connectivity index (χ1n) is 17.6. The molecule has 0 N–H and O–H groups in total. The molecule has 7 aromatic rings. The van der Waals surface area contributed by atoms with Gasteiger partial charge in [-0.25, -0.2) is 0 Å². The lowest BCUT2D eigenvalue weighted by Gasteiger charge is -2.32.